The summed E-state index contributed by atoms with van der Waals surface area (Å²) < 4.78 is 34.9. The van der Waals surface area contributed by atoms with Gasteiger partial charge in [-0.25, -0.2) is 0 Å². The van der Waals surface area contributed by atoms with Crippen LogP contribution < -0.4 is 20.8 Å². The lowest BCUT2D eigenvalue weighted by molar-refractivity contribution is -0.385. The van der Waals surface area contributed by atoms with Crippen LogP contribution >= 0.6 is 0 Å². The number of rotatable bonds is 9. The highest BCUT2D eigenvalue weighted by atomic mass is 19.3. The van der Waals surface area contributed by atoms with Crippen LogP contribution in [0.25, 0.3) is 0 Å². The first-order valence-electron chi connectivity index (χ1n) is 8.57. The first kappa shape index (κ1) is 23.3. The summed E-state index contributed by atoms with van der Waals surface area (Å²) in [5, 5.41) is 11.0. The molecule has 0 aliphatic carbocycles. The van der Waals surface area contributed by atoms with E-state index in [1.165, 1.54) is 37.3 Å². The Kier molecular flexibility index (Phi) is 7.24. The van der Waals surface area contributed by atoms with E-state index < -0.39 is 46.7 Å². The zero-order valence-corrected chi connectivity index (χ0v) is 16.4. The maximum Gasteiger partial charge on any atom is 0.387 e. The first-order valence-corrected chi connectivity index (χ1v) is 8.57. The number of nitrogens with zero attached hydrogens (tertiary/aromatic N) is 3. The highest BCUT2D eigenvalue weighted by Gasteiger charge is 2.20. The molecule has 0 aliphatic heterocycles. The van der Waals surface area contributed by atoms with Crippen LogP contribution in [-0.2, 0) is 17.9 Å². The van der Waals surface area contributed by atoms with Crippen molar-refractivity contribution in [3.8, 4) is 11.5 Å². The Bertz CT molecular complexity index is 1070. The van der Waals surface area contributed by atoms with Crippen molar-refractivity contribution in [3.63, 3.8) is 0 Å². The number of likely N-dealkylation sites (N-methyl/N-ethyl adjacent to an activating group) is 1. The van der Waals surface area contributed by atoms with Gasteiger partial charge in [-0.05, 0) is 17.7 Å². The van der Waals surface area contributed by atoms with Gasteiger partial charge in [0.2, 0.25) is 5.91 Å². The number of hydrogen-bond donors (Lipinski definition) is 1. The zero-order chi connectivity index (χ0) is 23.3. The average Bonchev–Trinajstić information content (AvgIpc) is 2.69. The molecular weight excluding hydrogens is 422 g/mol. The smallest absolute Gasteiger partial charge is 0.387 e. The van der Waals surface area contributed by atoms with Crippen molar-refractivity contribution in [2.45, 2.75) is 19.7 Å². The molecule has 1 heterocycles. The summed E-state index contributed by atoms with van der Waals surface area (Å²) in [5.74, 6) is -1.94. The number of halogens is 2. The van der Waals surface area contributed by atoms with Gasteiger partial charge >= 0.3 is 6.61 Å². The lowest BCUT2D eigenvalue weighted by Gasteiger charge is -2.19. The van der Waals surface area contributed by atoms with Crippen LogP contribution in [0.5, 0.6) is 11.5 Å². The molecule has 0 fully saturated rings. The molecule has 166 valence electrons. The van der Waals surface area contributed by atoms with Gasteiger partial charge in [0.15, 0.2) is 11.5 Å². The van der Waals surface area contributed by atoms with Crippen molar-refractivity contribution in [3.05, 3.63) is 62.1 Å². The fraction of sp³-hybridized carbons (Fsp3) is 0.278. The fourth-order valence-electron chi connectivity index (χ4n) is 2.65. The third-order valence-electron chi connectivity index (χ3n) is 4.14. The molecule has 2 N–H and O–H groups in total. The van der Waals surface area contributed by atoms with Crippen LogP contribution in [-0.4, -0.2) is 47.0 Å². The summed E-state index contributed by atoms with van der Waals surface area (Å²) >= 11 is 0. The van der Waals surface area contributed by atoms with Crippen LogP contribution in [0.3, 0.4) is 0 Å². The molecule has 2 aromatic rings. The molecule has 2 rings (SSSR count). The molecule has 0 bridgehead atoms. The molecule has 0 radical (unpaired) electrons. The highest BCUT2D eigenvalue weighted by Crippen LogP contribution is 2.29. The quantitative estimate of drug-likeness (QED) is 0.454. The lowest BCUT2D eigenvalue weighted by atomic mass is 10.2. The number of carbonyl (C=O) groups excluding carboxylic acids is 2. The maximum atomic E-state index is 12.5. The van der Waals surface area contributed by atoms with Gasteiger partial charge in [-0.15, -0.1) is 0 Å². The topological polar surface area (TPSA) is 147 Å². The summed E-state index contributed by atoms with van der Waals surface area (Å²) in [6.45, 7) is -3.64. The second-order valence-corrected chi connectivity index (χ2v) is 6.28. The van der Waals surface area contributed by atoms with Crippen molar-refractivity contribution in [2.24, 2.45) is 5.73 Å². The van der Waals surface area contributed by atoms with Crippen molar-refractivity contribution >= 4 is 17.5 Å². The van der Waals surface area contributed by atoms with E-state index in [0.29, 0.717) is 5.56 Å². The number of pyridine rings is 1. The monoisotopic (exact) mass is 440 g/mol. The molecule has 13 heteroatoms. The summed E-state index contributed by atoms with van der Waals surface area (Å²) in [5.41, 5.74) is 3.42. The number of hydrogen-bond acceptors (Lipinski definition) is 7. The predicted octanol–water partition coefficient (Wildman–Crippen LogP) is 1.12. The molecule has 0 saturated heterocycles. The molecule has 0 spiro atoms. The fourth-order valence-corrected chi connectivity index (χ4v) is 2.65. The van der Waals surface area contributed by atoms with Crippen molar-refractivity contribution in [2.75, 3.05) is 14.2 Å². The Morgan fingerprint density at radius 3 is 2.52 bits per heavy atom. The van der Waals surface area contributed by atoms with Crippen LogP contribution in [0, 0.1) is 10.1 Å². The molecule has 0 atom stereocenters. The van der Waals surface area contributed by atoms with Gasteiger partial charge < -0.3 is 20.1 Å². The SMILES string of the molecule is COc1cc(CN(C)C(=O)Cn2cc([N+](=O)[O-])cc(C(N)=O)c2=O)ccc1OC(F)F. The number of ether oxygens (including phenoxy) is 2. The molecular formula is C18H18F2N4O7. The maximum absolute atomic E-state index is 12.5. The van der Waals surface area contributed by atoms with Crippen LogP contribution in [0.15, 0.2) is 35.3 Å². The minimum absolute atomic E-state index is 0.00347. The molecule has 11 nitrogen and oxygen atoms in total. The van der Waals surface area contributed by atoms with Crippen LogP contribution in [0.1, 0.15) is 15.9 Å². The minimum atomic E-state index is -3.04. The third kappa shape index (κ3) is 5.74. The Hall–Kier alpha value is -4.03. The van der Waals surface area contributed by atoms with Gasteiger partial charge in [-0.2, -0.15) is 8.78 Å². The Labute approximate surface area is 173 Å². The number of carbonyl (C=O) groups is 2. The van der Waals surface area contributed by atoms with E-state index in [1.54, 1.807) is 0 Å². The normalized spacial score (nSPS) is 10.6. The highest BCUT2D eigenvalue weighted by molar-refractivity contribution is 5.93. The third-order valence-corrected chi connectivity index (χ3v) is 4.14. The Morgan fingerprint density at radius 1 is 1.29 bits per heavy atom. The standard InChI is InChI=1S/C18H18F2N4O7/c1-22(7-10-3-4-13(31-18(19)20)14(5-10)30-2)15(25)9-23-8-11(24(28)29)6-12(16(21)26)17(23)27/h3-6,8,18H,7,9H2,1-2H3,(H2,21,26). The van der Waals surface area contributed by atoms with Gasteiger partial charge in [0.1, 0.15) is 12.1 Å². The molecule has 31 heavy (non-hydrogen) atoms. The van der Waals surface area contributed by atoms with E-state index in [9.17, 15) is 33.3 Å². The molecule has 1 aromatic heterocycles. The number of benzene rings is 1. The summed E-state index contributed by atoms with van der Waals surface area (Å²) in [4.78, 5) is 47.6. The lowest BCUT2D eigenvalue weighted by Crippen LogP contribution is -2.36. The number of alkyl halides is 2. The number of aromatic nitrogens is 1. The van der Waals surface area contributed by atoms with E-state index in [0.717, 1.165) is 16.8 Å². The molecule has 2 amide bonds. The molecule has 1 aromatic carbocycles. The Morgan fingerprint density at radius 2 is 1.97 bits per heavy atom. The number of methoxy groups -OCH3 is 1. The van der Waals surface area contributed by atoms with Gasteiger partial charge in [0.25, 0.3) is 17.2 Å². The zero-order valence-electron chi connectivity index (χ0n) is 16.4. The van der Waals surface area contributed by atoms with Crippen LogP contribution in [0.4, 0.5) is 14.5 Å². The van der Waals surface area contributed by atoms with E-state index in [1.807, 2.05) is 0 Å². The number of amides is 2. The van der Waals surface area contributed by atoms with Gasteiger partial charge in [-0.3, -0.25) is 29.1 Å². The predicted molar refractivity (Wildman–Crippen MR) is 102 cm³/mol. The largest absolute Gasteiger partial charge is 0.493 e. The van der Waals surface area contributed by atoms with Crippen molar-refractivity contribution in [1.82, 2.24) is 9.47 Å². The number of nitro groups is 1. The van der Waals surface area contributed by atoms with Gasteiger partial charge in [0, 0.05) is 19.7 Å². The first-order chi connectivity index (χ1) is 14.5. The van der Waals surface area contributed by atoms with Crippen molar-refractivity contribution in [1.29, 1.82) is 0 Å². The van der Waals surface area contributed by atoms with E-state index >= 15 is 0 Å². The van der Waals surface area contributed by atoms with E-state index in [4.69, 9.17) is 10.5 Å². The molecule has 0 saturated carbocycles. The Balaban J connectivity index is 2.22. The van der Waals surface area contributed by atoms with Crippen molar-refractivity contribution < 1.29 is 32.8 Å². The number of nitrogens with two attached hydrogens (primary N) is 1. The van der Waals surface area contributed by atoms with Gasteiger partial charge in [0.05, 0.1) is 18.2 Å². The summed E-state index contributed by atoms with van der Waals surface area (Å²) in [7, 11) is 2.66. The van der Waals surface area contributed by atoms with E-state index in [-0.39, 0.29) is 18.0 Å². The van der Waals surface area contributed by atoms with E-state index in [2.05, 4.69) is 4.74 Å². The second-order valence-electron chi connectivity index (χ2n) is 6.28. The number of primary amides is 1. The van der Waals surface area contributed by atoms with Gasteiger partial charge in [-0.1, -0.05) is 6.07 Å². The second kappa shape index (κ2) is 9.65. The minimum Gasteiger partial charge on any atom is -0.493 e. The summed E-state index contributed by atoms with van der Waals surface area (Å²) in [6, 6.07) is 4.83. The summed E-state index contributed by atoms with van der Waals surface area (Å²) in [6.07, 6.45) is 0.833. The molecule has 0 aliphatic rings. The molecule has 0 unspecified atom stereocenters. The van der Waals surface area contributed by atoms with Crippen LogP contribution in [0.2, 0.25) is 0 Å². The average molecular weight is 440 g/mol.